The number of hydrogen-bond acceptors (Lipinski definition) is 4. The zero-order chi connectivity index (χ0) is 13.9. The third-order valence-electron chi connectivity index (χ3n) is 3.44. The standard InChI is InChI=1S/C13H18N2O4/c1-15-5-3-10(7-11(15)16)12(17)14-8-13(18-2)4-6-19-9-13/h3,5,7H,4,6,8-9H2,1-2H3,(H,14,17). The molecule has 6 nitrogen and oxygen atoms in total. The van der Waals surface area contributed by atoms with Crippen molar-refractivity contribution in [3.05, 3.63) is 34.2 Å². The average molecular weight is 266 g/mol. The fourth-order valence-electron chi connectivity index (χ4n) is 1.99. The summed E-state index contributed by atoms with van der Waals surface area (Å²) < 4.78 is 12.1. The molecule has 1 aliphatic rings. The van der Waals surface area contributed by atoms with Gasteiger partial charge in [-0.1, -0.05) is 0 Å². The Morgan fingerprint density at radius 1 is 1.63 bits per heavy atom. The van der Waals surface area contributed by atoms with Crippen molar-refractivity contribution in [2.24, 2.45) is 7.05 Å². The summed E-state index contributed by atoms with van der Waals surface area (Å²) in [6.07, 6.45) is 2.32. The summed E-state index contributed by atoms with van der Waals surface area (Å²) in [6, 6.07) is 2.93. The molecule has 1 N–H and O–H groups in total. The third-order valence-corrected chi connectivity index (χ3v) is 3.44. The van der Waals surface area contributed by atoms with Gasteiger partial charge in [-0.05, 0) is 6.07 Å². The molecule has 0 saturated carbocycles. The van der Waals surface area contributed by atoms with E-state index in [0.29, 0.717) is 25.3 Å². The molecule has 1 unspecified atom stereocenters. The van der Waals surface area contributed by atoms with Crippen LogP contribution in [0.25, 0.3) is 0 Å². The van der Waals surface area contributed by atoms with E-state index in [0.717, 1.165) is 6.42 Å². The molecule has 1 aliphatic heterocycles. The zero-order valence-corrected chi connectivity index (χ0v) is 11.1. The second-order valence-corrected chi connectivity index (χ2v) is 4.74. The number of rotatable bonds is 4. The number of carbonyl (C=O) groups is 1. The van der Waals surface area contributed by atoms with Crippen molar-refractivity contribution in [1.82, 2.24) is 9.88 Å². The Kier molecular flexibility index (Phi) is 4.01. The number of ether oxygens (including phenoxy) is 2. The molecular formula is C13H18N2O4. The number of nitrogens with zero attached hydrogens (tertiary/aromatic N) is 1. The van der Waals surface area contributed by atoms with Gasteiger partial charge in [-0.2, -0.15) is 0 Å². The second kappa shape index (κ2) is 5.54. The Labute approximate surface area is 111 Å². The number of aryl methyl sites for hydroxylation is 1. The Morgan fingerprint density at radius 2 is 2.42 bits per heavy atom. The van der Waals surface area contributed by atoms with Crippen molar-refractivity contribution >= 4 is 5.91 Å². The number of pyridine rings is 1. The molecule has 1 aromatic rings. The van der Waals surface area contributed by atoms with E-state index in [9.17, 15) is 9.59 Å². The van der Waals surface area contributed by atoms with Crippen molar-refractivity contribution in [3.8, 4) is 0 Å². The van der Waals surface area contributed by atoms with Crippen molar-refractivity contribution in [1.29, 1.82) is 0 Å². The summed E-state index contributed by atoms with van der Waals surface area (Å²) in [4.78, 5) is 23.4. The van der Waals surface area contributed by atoms with Gasteiger partial charge < -0.3 is 19.4 Å². The van der Waals surface area contributed by atoms with Crippen LogP contribution in [0, 0.1) is 0 Å². The van der Waals surface area contributed by atoms with E-state index >= 15 is 0 Å². The van der Waals surface area contributed by atoms with Crippen LogP contribution in [0.1, 0.15) is 16.8 Å². The van der Waals surface area contributed by atoms with Crippen LogP contribution in [0.15, 0.2) is 23.1 Å². The van der Waals surface area contributed by atoms with Crippen molar-refractivity contribution in [2.75, 3.05) is 26.9 Å². The van der Waals surface area contributed by atoms with Gasteiger partial charge in [0.15, 0.2) is 0 Å². The summed E-state index contributed by atoms with van der Waals surface area (Å²) in [5.41, 5.74) is -0.304. The largest absolute Gasteiger partial charge is 0.378 e. The lowest BCUT2D eigenvalue weighted by Crippen LogP contribution is -2.45. The molecule has 1 fully saturated rings. The monoisotopic (exact) mass is 266 g/mol. The van der Waals surface area contributed by atoms with Gasteiger partial charge in [0.05, 0.1) is 6.61 Å². The smallest absolute Gasteiger partial charge is 0.251 e. The van der Waals surface area contributed by atoms with E-state index in [-0.39, 0.29) is 11.5 Å². The molecule has 6 heteroatoms. The van der Waals surface area contributed by atoms with Gasteiger partial charge in [-0.3, -0.25) is 9.59 Å². The minimum Gasteiger partial charge on any atom is -0.378 e. The van der Waals surface area contributed by atoms with Gasteiger partial charge >= 0.3 is 0 Å². The Bertz CT molecular complexity index is 518. The first-order valence-corrected chi connectivity index (χ1v) is 6.14. The van der Waals surface area contributed by atoms with Crippen LogP contribution in [0.3, 0.4) is 0 Å². The van der Waals surface area contributed by atoms with E-state index in [1.165, 1.54) is 10.6 Å². The number of hydrogen-bond donors (Lipinski definition) is 1. The van der Waals surface area contributed by atoms with Gasteiger partial charge in [0.25, 0.3) is 11.5 Å². The number of methoxy groups -OCH3 is 1. The lowest BCUT2D eigenvalue weighted by atomic mass is 10.0. The highest BCUT2D eigenvalue weighted by Gasteiger charge is 2.35. The SMILES string of the molecule is COC1(CNC(=O)c2ccn(C)c(=O)c2)CCOC1. The topological polar surface area (TPSA) is 69.6 Å². The summed E-state index contributed by atoms with van der Waals surface area (Å²) >= 11 is 0. The predicted octanol–water partition coefficient (Wildman–Crippen LogP) is -0.0794. The highest BCUT2D eigenvalue weighted by molar-refractivity contribution is 5.94. The summed E-state index contributed by atoms with van der Waals surface area (Å²) in [6.45, 7) is 1.48. The molecule has 0 bridgehead atoms. The number of amides is 1. The van der Waals surface area contributed by atoms with Crippen LogP contribution in [-0.2, 0) is 16.5 Å². The van der Waals surface area contributed by atoms with Crippen molar-refractivity contribution in [3.63, 3.8) is 0 Å². The van der Waals surface area contributed by atoms with Gasteiger partial charge in [0, 0.05) is 51.6 Å². The van der Waals surface area contributed by atoms with Gasteiger partial charge in [-0.25, -0.2) is 0 Å². The quantitative estimate of drug-likeness (QED) is 0.827. The maximum atomic E-state index is 12.0. The molecule has 19 heavy (non-hydrogen) atoms. The molecule has 2 heterocycles. The van der Waals surface area contributed by atoms with E-state index < -0.39 is 5.60 Å². The fraction of sp³-hybridized carbons (Fsp3) is 0.538. The molecule has 2 rings (SSSR count). The summed E-state index contributed by atoms with van der Waals surface area (Å²) in [5.74, 6) is -0.277. The first-order valence-electron chi connectivity index (χ1n) is 6.14. The molecule has 1 saturated heterocycles. The lowest BCUT2D eigenvalue weighted by Gasteiger charge is -2.25. The highest BCUT2D eigenvalue weighted by Crippen LogP contribution is 2.21. The van der Waals surface area contributed by atoms with Gasteiger partial charge in [-0.15, -0.1) is 0 Å². The van der Waals surface area contributed by atoms with Crippen LogP contribution in [-0.4, -0.2) is 42.9 Å². The molecule has 0 aromatic carbocycles. The first-order chi connectivity index (χ1) is 9.06. The summed E-state index contributed by atoms with van der Waals surface area (Å²) in [5, 5.41) is 2.79. The minimum absolute atomic E-state index is 0.210. The lowest BCUT2D eigenvalue weighted by molar-refractivity contribution is -0.0148. The molecule has 0 aliphatic carbocycles. The molecule has 1 aromatic heterocycles. The van der Waals surface area contributed by atoms with E-state index in [4.69, 9.17) is 9.47 Å². The van der Waals surface area contributed by atoms with Crippen LogP contribution in [0.5, 0.6) is 0 Å². The molecule has 1 amide bonds. The van der Waals surface area contributed by atoms with E-state index in [1.807, 2.05) is 0 Å². The molecule has 0 radical (unpaired) electrons. The Balaban J connectivity index is 2.01. The molecule has 1 atom stereocenters. The van der Waals surface area contributed by atoms with Crippen LogP contribution in [0.2, 0.25) is 0 Å². The van der Waals surface area contributed by atoms with Crippen molar-refractivity contribution < 1.29 is 14.3 Å². The van der Waals surface area contributed by atoms with Crippen molar-refractivity contribution in [2.45, 2.75) is 12.0 Å². The third kappa shape index (κ3) is 3.02. The summed E-state index contributed by atoms with van der Waals surface area (Å²) in [7, 11) is 3.25. The first kappa shape index (κ1) is 13.8. The maximum absolute atomic E-state index is 12.0. The predicted molar refractivity (Wildman–Crippen MR) is 69.2 cm³/mol. The Hall–Kier alpha value is -1.66. The number of carbonyl (C=O) groups excluding carboxylic acids is 1. The average Bonchev–Trinajstić information content (AvgIpc) is 2.89. The maximum Gasteiger partial charge on any atom is 0.251 e. The van der Waals surface area contributed by atoms with Crippen LogP contribution in [0.4, 0.5) is 0 Å². The normalized spacial score (nSPS) is 22.4. The molecule has 0 spiro atoms. The van der Waals surface area contributed by atoms with E-state index in [2.05, 4.69) is 5.32 Å². The van der Waals surface area contributed by atoms with E-state index in [1.54, 1.807) is 26.4 Å². The second-order valence-electron chi connectivity index (χ2n) is 4.74. The van der Waals surface area contributed by atoms with Gasteiger partial charge in [0.2, 0.25) is 0 Å². The molecule has 104 valence electrons. The minimum atomic E-state index is -0.449. The van der Waals surface area contributed by atoms with Crippen LogP contribution < -0.4 is 10.9 Å². The zero-order valence-electron chi connectivity index (χ0n) is 11.1. The number of nitrogens with one attached hydrogen (secondary N) is 1. The Morgan fingerprint density at radius 3 is 3.00 bits per heavy atom. The number of aromatic nitrogens is 1. The fourth-order valence-corrected chi connectivity index (χ4v) is 1.99. The molecular weight excluding hydrogens is 248 g/mol. The van der Waals surface area contributed by atoms with Crippen LogP contribution >= 0.6 is 0 Å². The highest BCUT2D eigenvalue weighted by atomic mass is 16.5. The van der Waals surface area contributed by atoms with Gasteiger partial charge in [0.1, 0.15) is 5.60 Å².